The summed E-state index contributed by atoms with van der Waals surface area (Å²) in [5.41, 5.74) is 0. The maximum atomic E-state index is 4.18. The molecule has 0 aliphatic carbocycles. The summed E-state index contributed by atoms with van der Waals surface area (Å²) in [6.45, 7) is 15.0. The highest BCUT2D eigenvalue weighted by molar-refractivity contribution is 6.94. The molecule has 1 rings (SSSR count). The molecule has 0 unspecified atom stereocenters. The predicted octanol–water partition coefficient (Wildman–Crippen LogP) is 3.05. The van der Waals surface area contributed by atoms with Crippen molar-refractivity contribution in [3.8, 4) is 0 Å². The van der Waals surface area contributed by atoms with Gasteiger partial charge in [0.15, 0.2) is 13.4 Å². The second kappa shape index (κ2) is 2.73. The van der Waals surface area contributed by atoms with Crippen LogP contribution in [0.3, 0.4) is 0 Å². The maximum Gasteiger partial charge on any atom is 0.164 e. The second-order valence-electron chi connectivity index (χ2n) is 4.97. The first kappa shape index (κ1) is 8.96. The summed E-state index contributed by atoms with van der Waals surface area (Å²) in [5.74, 6) is 0. The number of hydrogen-bond donors (Lipinski definition) is 0. The lowest BCUT2D eigenvalue weighted by Crippen LogP contribution is -2.26. The molecular formula is C9H18B2. The summed E-state index contributed by atoms with van der Waals surface area (Å²) < 4.78 is 0. The van der Waals surface area contributed by atoms with Crippen LogP contribution in [0.15, 0.2) is 12.0 Å². The molecule has 1 aliphatic heterocycles. The molecule has 1 heterocycles. The summed E-state index contributed by atoms with van der Waals surface area (Å²) in [6.07, 6.45) is 2.70. The first-order valence-electron chi connectivity index (χ1n) is 4.61. The lowest BCUT2D eigenvalue weighted by atomic mass is 9.26. The summed E-state index contributed by atoms with van der Waals surface area (Å²) >= 11 is 0. The molecule has 0 bridgehead atoms. The van der Waals surface area contributed by atoms with Gasteiger partial charge in [0.05, 0.1) is 0 Å². The van der Waals surface area contributed by atoms with Gasteiger partial charge in [0.25, 0.3) is 0 Å². The fourth-order valence-electron chi connectivity index (χ4n) is 2.12. The van der Waals surface area contributed by atoms with Gasteiger partial charge >= 0.3 is 0 Å². The normalized spacial score (nSPS) is 19.8. The van der Waals surface area contributed by atoms with Gasteiger partial charge in [0.1, 0.15) is 0 Å². The van der Waals surface area contributed by atoms with Crippen molar-refractivity contribution < 1.29 is 0 Å². The van der Waals surface area contributed by atoms with Crippen molar-refractivity contribution in [2.75, 3.05) is 0 Å². The molecule has 0 saturated carbocycles. The molecule has 0 N–H and O–H groups in total. The van der Waals surface area contributed by atoms with Crippen molar-refractivity contribution in [3.63, 3.8) is 0 Å². The van der Waals surface area contributed by atoms with Crippen LogP contribution >= 0.6 is 0 Å². The highest BCUT2D eigenvalue weighted by Gasteiger charge is 2.38. The first-order valence-corrected chi connectivity index (χ1v) is 4.61. The molecule has 0 aromatic carbocycles. The van der Waals surface area contributed by atoms with Gasteiger partial charge in [-0.3, -0.25) is 0 Å². The Bertz CT molecular complexity index is 167. The summed E-state index contributed by atoms with van der Waals surface area (Å²) in [7, 11) is 0. The van der Waals surface area contributed by atoms with Crippen LogP contribution in [0.2, 0.25) is 24.8 Å². The quantitative estimate of drug-likeness (QED) is 0.463. The molecule has 0 aromatic heterocycles. The van der Waals surface area contributed by atoms with Gasteiger partial charge in [0, 0.05) is 0 Å². The lowest BCUT2D eigenvalue weighted by molar-refractivity contribution is 0.740. The van der Waals surface area contributed by atoms with Crippen LogP contribution in [0.4, 0.5) is 0 Å². The van der Waals surface area contributed by atoms with E-state index < -0.39 is 0 Å². The van der Waals surface area contributed by atoms with Crippen molar-refractivity contribution >= 4 is 13.4 Å². The van der Waals surface area contributed by atoms with Crippen LogP contribution < -0.4 is 0 Å². The molecule has 0 atom stereocenters. The van der Waals surface area contributed by atoms with Crippen LogP contribution in [-0.2, 0) is 0 Å². The van der Waals surface area contributed by atoms with E-state index >= 15 is 0 Å². The Labute approximate surface area is 71.6 Å². The van der Waals surface area contributed by atoms with Crippen molar-refractivity contribution in [2.24, 2.45) is 0 Å². The Kier molecular flexibility index (Phi) is 2.22. The monoisotopic (exact) mass is 148 g/mol. The Morgan fingerprint density at radius 1 is 1.27 bits per heavy atom. The fraction of sp³-hybridized carbons (Fsp3) is 0.778. The molecular weight excluding hydrogens is 130 g/mol. The topological polar surface area (TPSA) is 0 Å². The van der Waals surface area contributed by atoms with Crippen LogP contribution in [0, 0.1) is 0 Å². The van der Waals surface area contributed by atoms with Crippen molar-refractivity contribution in [1.82, 2.24) is 0 Å². The molecule has 0 aromatic rings. The van der Waals surface area contributed by atoms with E-state index in [-0.39, 0.29) is 0 Å². The van der Waals surface area contributed by atoms with Crippen LogP contribution in [0.1, 0.15) is 20.8 Å². The molecule has 0 amide bonds. The van der Waals surface area contributed by atoms with Crippen molar-refractivity contribution in [3.05, 3.63) is 12.0 Å². The van der Waals surface area contributed by atoms with E-state index in [2.05, 4.69) is 34.2 Å². The zero-order valence-electron chi connectivity index (χ0n) is 8.28. The average molecular weight is 148 g/mol. The second-order valence-corrected chi connectivity index (χ2v) is 4.97. The molecule has 2 heteroatoms. The Morgan fingerprint density at radius 2 is 1.82 bits per heavy atom. The number of hydrogen-bond acceptors (Lipinski definition) is 0. The Balaban J connectivity index is 2.70. The molecule has 1 fully saturated rings. The van der Waals surface area contributed by atoms with Crippen LogP contribution in [0.25, 0.3) is 0 Å². The van der Waals surface area contributed by atoms with Crippen molar-refractivity contribution in [1.29, 1.82) is 0 Å². The van der Waals surface area contributed by atoms with Gasteiger partial charge < -0.3 is 0 Å². The Hall–Kier alpha value is -0.130. The molecule has 0 nitrogen and oxygen atoms in total. The SMILES string of the molecule is C=C1B(C)CCB1C(C)(C)C. The predicted molar refractivity (Wildman–Crippen MR) is 55.8 cm³/mol. The summed E-state index contributed by atoms with van der Waals surface area (Å²) in [4.78, 5) is 0. The molecule has 60 valence electrons. The van der Waals surface area contributed by atoms with E-state index in [1.807, 2.05) is 0 Å². The van der Waals surface area contributed by atoms with Crippen LogP contribution in [0.5, 0.6) is 0 Å². The number of rotatable bonds is 0. The highest BCUT2D eigenvalue weighted by atomic mass is 14.1. The molecule has 0 spiro atoms. The van der Waals surface area contributed by atoms with Gasteiger partial charge in [-0.1, -0.05) is 45.5 Å². The van der Waals surface area contributed by atoms with Gasteiger partial charge in [-0.15, -0.1) is 12.0 Å². The molecule has 1 aliphatic rings. The minimum absolute atomic E-state index is 0.432. The van der Waals surface area contributed by atoms with Crippen molar-refractivity contribution in [2.45, 2.75) is 45.5 Å². The zero-order chi connectivity index (χ0) is 8.65. The Morgan fingerprint density at radius 3 is 2.00 bits per heavy atom. The van der Waals surface area contributed by atoms with E-state index in [0.717, 1.165) is 13.4 Å². The largest absolute Gasteiger partial charge is 0.164 e. The van der Waals surface area contributed by atoms with Crippen LogP contribution in [-0.4, -0.2) is 13.4 Å². The maximum absolute atomic E-state index is 4.18. The minimum Gasteiger partial charge on any atom is -0.137 e. The van der Waals surface area contributed by atoms with E-state index in [9.17, 15) is 0 Å². The van der Waals surface area contributed by atoms with E-state index in [1.54, 1.807) is 0 Å². The van der Waals surface area contributed by atoms with E-state index in [0.29, 0.717) is 5.31 Å². The summed E-state index contributed by atoms with van der Waals surface area (Å²) in [6, 6.07) is 0. The average Bonchev–Trinajstić information content (AvgIpc) is 2.11. The van der Waals surface area contributed by atoms with Gasteiger partial charge in [-0.2, -0.15) is 0 Å². The van der Waals surface area contributed by atoms with E-state index in [4.69, 9.17) is 0 Å². The third-order valence-electron chi connectivity index (χ3n) is 3.01. The summed E-state index contributed by atoms with van der Waals surface area (Å²) in [5, 5.41) is 1.92. The van der Waals surface area contributed by atoms with Gasteiger partial charge in [-0.05, 0) is 0 Å². The smallest absolute Gasteiger partial charge is 0.137 e. The van der Waals surface area contributed by atoms with Gasteiger partial charge in [-0.25, -0.2) is 0 Å². The standard InChI is InChI=1S/C9H18B2/c1-8-10(5)6-7-11(8)9(2,3)4/h1,6-7H2,2-5H3. The fourth-order valence-corrected chi connectivity index (χ4v) is 2.12. The third-order valence-corrected chi connectivity index (χ3v) is 3.01. The van der Waals surface area contributed by atoms with Gasteiger partial charge in [0.2, 0.25) is 0 Å². The molecule has 1 saturated heterocycles. The zero-order valence-corrected chi connectivity index (χ0v) is 8.28. The molecule has 11 heavy (non-hydrogen) atoms. The molecule has 0 radical (unpaired) electrons. The lowest BCUT2D eigenvalue weighted by Gasteiger charge is -2.25. The first-order chi connectivity index (χ1) is 4.93. The minimum atomic E-state index is 0.432. The highest BCUT2D eigenvalue weighted by Crippen LogP contribution is 2.39. The van der Waals surface area contributed by atoms with E-state index in [1.165, 1.54) is 18.0 Å². The third kappa shape index (κ3) is 1.72.